The zero-order chi connectivity index (χ0) is 14.2. The molecule has 21 heavy (non-hydrogen) atoms. The third kappa shape index (κ3) is 2.00. The second kappa shape index (κ2) is 4.74. The molecule has 1 aliphatic rings. The number of hydrogen-bond donors (Lipinski definition) is 0. The number of nitrogens with zero attached hydrogens (tertiary/aromatic N) is 1. The Morgan fingerprint density at radius 3 is 2.52 bits per heavy atom. The first kappa shape index (κ1) is 12.2. The van der Waals surface area contributed by atoms with Crippen molar-refractivity contribution in [2.45, 2.75) is 6.54 Å². The molecular formula is C19H16NO+. The summed E-state index contributed by atoms with van der Waals surface area (Å²) in [6.07, 6.45) is 2.14. The normalized spacial score (nSPS) is 11.9. The third-order valence-corrected chi connectivity index (χ3v) is 4.09. The van der Waals surface area contributed by atoms with Crippen molar-refractivity contribution in [1.82, 2.24) is 0 Å². The van der Waals surface area contributed by atoms with Crippen LogP contribution in [0.3, 0.4) is 0 Å². The fourth-order valence-electron chi connectivity index (χ4n) is 2.96. The van der Waals surface area contributed by atoms with Crippen LogP contribution in [0.15, 0.2) is 66.9 Å². The van der Waals surface area contributed by atoms with Gasteiger partial charge in [0.2, 0.25) is 5.69 Å². The van der Waals surface area contributed by atoms with Gasteiger partial charge < -0.3 is 4.74 Å². The van der Waals surface area contributed by atoms with E-state index in [1.807, 2.05) is 12.1 Å². The van der Waals surface area contributed by atoms with E-state index in [0.29, 0.717) is 0 Å². The van der Waals surface area contributed by atoms with Crippen LogP contribution in [0.1, 0.15) is 5.56 Å². The number of benzene rings is 2. The Labute approximate surface area is 124 Å². The van der Waals surface area contributed by atoms with Crippen molar-refractivity contribution < 1.29 is 9.30 Å². The average molecular weight is 274 g/mol. The highest BCUT2D eigenvalue weighted by molar-refractivity contribution is 5.74. The molecule has 0 atom stereocenters. The average Bonchev–Trinajstić information content (AvgIpc) is 2.93. The maximum atomic E-state index is 5.22. The summed E-state index contributed by atoms with van der Waals surface area (Å²) in [5.74, 6) is 0.890. The second-order valence-corrected chi connectivity index (χ2v) is 5.31. The quantitative estimate of drug-likeness (QED) is 0.508. The van der Waals surface area contributed by atoms with Gasteiger partial charge in [-0.2, -0.15) is 4.57 Å². The number of hydrogen-bond acceptors (Lipinski definition) is 1. The highest BCUT2D eigenvalue weighted by atomic mass is 16.5. The van der Waals surface area contributed by atoms with Gasteiger partial charge in [-0.1, -0.05) is 24.3 Å². The van der Waals surface area contributed by atoms with Crippen molar-refractivity contribution in [2.24, 2.45) is 0 Å². The monoisotopic (exact) mass is 274 g/mol. The minimum Gasteiger partial charge on any atom is -0.497 e. The number of aromatic nitrogens is 1. The molecule has 2 heterocycles. The molecule has 0 spiro atoms. The predicted octanol–water partition coefficient (Wildman–Crippen LogP) is 3.68. The highest BCUT2D eigenvalue weighted by Crippen LogP contribution is 2.31. The lowest BCUT2D eigenvalue weighted by molar-refractivity contribution is -0.672. The van der Waals surface area contributed by atoms with Crippen molar-refractivity contribution in [3.05, 3.63) is 72.4 Å². The van der Waals surface area contributed by atoms with E-state index in [1.165, 1.54) is 27.9 Å². The summed E-state index contributed by atoms with van der Waals surface area (Å²) in [5, 5.41) is 0. The van der Waals surface area contributed by atoms with Crippen LogP contribution in [0.5, 0.6) is 5.75 Å². The van der Waals surface area contributed by atoms with Crippen LogP contribution < -0.4 is 9.30 Å². The molecule has 0 N–H and O–H groups in total. The van der Waals surface area contributed by atoms with E-state index >= 15 is 0 Å². The van der Waals surface area contributed by atoms with E-state index in [1.54, 1.807) is 7.11 Å². The minimum atomic E-state index is 0.890. The van der Waals surface area contributed by atoms with E-state index < -0.39 is 0 Å². The van der Waals surface area contributed by atoms with Crippen LogP contribution >= 0.6 is 0 Å². The van der Waals surface area contributed by atoms with Gasteiger partial charge in [0.05, 0.1) is 12.7 Å². The SMILES string of the molecule is COc1ccc(-c2ccc3c(c2)-c2cccc[n+]2C3)cc1. The molecule has 102 valence electrons. The van der Waals surface area contributed by atoms with Crippen molar-refractivity contribution in [3.8, 4) is 28.1 Å². The lowest BCUT2D eigenvalue weighted by Gasteiger charge is -2.05. The summed E-state index contributed by atoms with van der Waals surface area (Å²) in [6.45, 7) is 0.967. The van der Waals surface area contributed by atoms with Crippen LogP contribution in [-0.2, 0) is 6.54 Å². The Morgan fingerprint density at radius 1 is 0.905 bits per heavy atom. The summed E-state index contributed by atoms with van der Waals surface area (Å²) in [5.41, 5.74) is 6.48. The van der Waals surface area contributed by atoms with Crippen LogP contribution in [0, 0.1) is 0 Å². The summed E-state index contributed by atoms with van der Waals surface area (Å²) >= 11 is 0. The van der Waals surface area contributed by atoms with Crippen LogP contribution in [0.4, 0.5) is 0 Å². The maximum absolute atomic E-state index is 5.22. The van der Waals surface area contributed by atoms with Crippen molar-refractivity contribution in [3.63, 3.8) is 0 Å². The zero-order valence-electron chi connectivity index (χ0n) is 11.9. The summed E-state index contributed by atoms with van der Waals surface area (Å²) in [4.78, 5) is 0. The number of fused-ring (bicyclic) bond motifs is 3. The number of methoxy groups -OCH3 is 1. The number of pyridine rings is 1. The molecule has 3 aromatic rings. The molecule has 0 fully saturated rings. The Kier molecular flexibility index (Phi) is 2.74. The molecule has 0 aliphatic carbocycles. The first-order valence-electron chi connectivity index (χ1n) is 7.11. The van der Waals surface area contributed by atoms with E-state index in [9.17, 15) is 0 Å². The molecule has 0 radical (unpaired) electrons. The van der Waals surface area contributed by atoms with Crippen LogP contribution in [0.25, 0.3) is 22.4 Å². The van der Waals surface area contributed by atoms with E-state index in [2.05, 4.69) is 59.3 Å². The molecule has 2 nitrogen and oxygen atoms in total. The van der Waals surface area contributed by atoms with Crippen LogP contribution in [0.2, 0.25) is 0 Å². The molecule has 2 heteroatoms. The first-order chi connectivity index (χ1) is 10.3. The fourth-order valence-corrected chi connectivity index (χ4v) is 2.96. The molecule has 0 saturated carbocycles. The van der Waals surface area contributed by atoms with Crippen LogP contribution in [-0.4, -0.2) is 7.11 Å². The standard InChI is InChI=1S/C19H16NO/c1-21-17-9-7-14(8-10-17)15-5-6-16-13-20-11-3-2-4-19(20)18(16)12-15/h2-12H,13H2,1H3/q+1. The predicted molar refractivity (Wildman–Crippen MR) is 83.2 cm³/mol. The molecule has 4 rings (SSSR count). The molecule has 0 bridgehead atoms. The molecule has 0 saturated heterocycles. The molecule has 2 aromatic carbocycles. The van der Waals surface area contributed by atoms with Crippen molar-refractivity contribution in [2.75, 3.05) is 7.11 Å². The van der Waals surface area contributed by atoms with Gasteiger partial charge in [0.15, 0.2) is 12.7 Å². The van der Waals surface area contributed by atoms with Gasteiger partial charge in [0.1, 0.15) is 5.75 Å². The van der Waals surface area contributed by atoms with E-state index in [0.717, 1.165) is 12.3 Å². The maximum Gasteiger partial charge on any atom is 0.213 e. The largest absolute Gasteiger partial charge is 0.497 e. The lowest BCUT2D eigenvalue weighted by Crippen LogP contribution is -2.31. The smallest absolute Gasteiger partial charge is 0.213 e. The summed E-state index contributed by atoms with van der Waals surface area (Å²) in [7, 11) is 1.69. The first-order valence-corrected chi connectivity index (χ1v) is 7.11. The zero-order valence-corrected chi connectivity index (χ0v) is 11.9. The van der Waals surface area contributed by atoms with Crippen molar-refractivity contribution in [1.29, 1.82) is 0 Å². The second-order valence-electron chi connectivity index (χ2n) is 5.31. The summed E-state index contributed by atoms with van der Waals surface area (Å²) in [6, 6.07) is 21.3. The van der Waals surface area contributed by atoms with Gasteiger partial charge in [0.25, 0.3) is 0 Å². The Morgan fingerprint density at radius 2 is 1.71 bits per heavy atom. The number of rotatable bonds is 2. The molecular weight excluding hydrogens is 258 g/mol. The molecule has 0 unspecified atom stereocenters. The van der Waals surface area contributed by atoms with Crippen molar-refractivity contribution >= 4 is 0 Å². The summed E-state index contributed by atoms with van der Waals surface area (Å²) < 4.78 is 7.52. The van der Waals surface area contributed by atoms with E-state index in [4.69, 9.17) is 4.74 Å². The van der Waals surface area contributed by atoms with Gasteiger partial charge >= 0.3 is 0 Å². The lowest BCUT2D eigenvalue weighted by atomic mass is 9.99. The Balaban J connectivity index is 1.80. The van der Waals surface area contributed by atoms with Gasteiger partial charge in [0, 0.05) is 17.7 Å². The third-order valence-electron chi connectivity index (χ3n) is 4.09. The van der Waals surface area contributed by atoms with Gasteiger partial charge in [-0.3, -0.25) is 0 Å². The van der Waals surface area contributed by atoms with Gasteiger partial charge in [-0.15, -0.1) is 0 Å². The molecule has 1 aromatic heterocycles. The molecule has 1 aliphatic heterocycles. The minimum absolute atomic E-state index is 0.890. The Hall–Kier alpha value is -2.61. The topological polar surface area (TPSA) is 13.1 Å². The fraction of sp³-hybridized carbons (Fsp3) is 0.105. The van der Waals surface area contributed by atoms with Gasteiger partial charge in [-0.25, -0.2) is 0 Å². The van der Waals surface area contributed by atoms with E-state index in [-0.39, 0.29) is 0 Å². The Bertz CT molecular complexity index is 806. The molecule has 0 amide bonds. The van der Waals surface area contributed by atoms with Gasteiger partial charge in [-0.05, 0) is 35.4 Å². The highest BCUT2D eigenvalue weighted by Gasteiger charge is 2.25. The number of ether oxygens (including phenoxy) is 1.